The van der Waals surface area contributed by atoms with Crippen molar-refractivity contribution >= 4 is 23.1 Å². The van der Waals surface area contributed by atoms with E-state index in [1.165, 1.54) is 23.3 Å². The number of allylic oxidation sites excluding steroid dienone is 11. The molecule has 0 heterocycles. The van der Waals surface area contributed by atoms with Crippen molar-refractivity contribution in [3.8, 4) is 11.5 Å². The van der Waals surface area contributed by atoms with Gasteiger partial charge in [0.25, 0.3) is 0 Å². The van der Waals surface area contributed by atoms with E-state index in [-0.39, 0.29) is 36.5 Å². The van der Waals surface area contributed by atoms with Crippen LogP contribution in [0.2, 0.25) is 0 Å². The Balaban J connectivity index is 2.38. The maximum absolute atomic E-state index is 15.1. The monoisotopic (exact) mass is 642 g/mol. The van der Waals surface area contributed by atoms with Crippen LogP contribution in [0.3, 0.4) is 0 Å². The molecule has 0 spiro atoms. The summed E-state index contributed by atoms with van der Waals surface area (Å²) in [7, 11) is 0. The van der Waals surface area contributed by atoms with Crippen molar-refractivity contribution in [2.75, 3.05) is 0 Å². The number of hydrogen-bond donors (Lipinski definition) is 3. The minimum atomic E-state index is -1.58. The number of rotatable bonds is 12. The summed E-state index contributed by atoms with van der Waals surface area (Å²) >= 11 is 0. The largest absolute Gasteiger partial charge is 0.506 e. The third kappa shape index (κ3) is 7.97. The van der Waals surface area contributed by atoms with Gasteiger partial charge in [0.2, 0.25) is 0 Å². The molecule has 2 fully saturated rings. The normalized spacial score (nSPS) is 25.2. The van der Waals surface area contributed by atoms with E-state index in [1.54, 1.807) is 0 Å². The molecule has 6 heteroatoms. The second kappa shape index (κ2) is 15.3. The Morgan fingerprint density at radius 1 is 0.745 bits per heavy atom. The van der Waals surface area contributed by atoms with Gasteiger partial charge in [-0.25, -0.2) is 0 Å². The number of fused-ring (bicyclic) bond motifs is 2. The van der Waals surface area contributed by atoms with Crippen molar-refractivity contribution in [1.29, 1.82) is 0 Å². The molecule has 0 aromatic heterocycles. The molecule has 2 saturated carbocycles. The number of aliphatic hydroxyl groups is 1. The summed E-state index contributed by atoms with van der Waals surface area (Å²) in [5, 5.41) is 31.8. The molecule has 0 radical (unpaired) electrons. The van der Waals surface area contributed by atoms with Crippen LogP contribution >= 0.6 is 0 Å². The minimum Gasteiger partial charge on any atom is -0.506 e. The summed E-state index contributed by atoms with van der Waals surface area (Å²) < 4.78 is 0. The number of hydrogen-bond acceptors (Lipinski definition) is 6. The summed E-state index contributed by atoms with van der Waals surface area (Å²) in [6.45, 7) is 18.0. The summed E-state index contributed by atoms with van der Waals surface area (Å²) in [5.74, 6) is -3.72. The summed E-state index contributed by atoms with van der Waals surface area (Å²) in [4.78, 5) is 44.9. The Bertz CT molecular complexity index is 1580. The number of phenolic OH excluding ortho intramolecular Hbond substituents is 2. The molecule has 1 aromatic rings. The van der Waals surface area contributed by atoms with E-state index < -0.39 is 51.1 Å². The van der Waals surface area contributed by atoms with Crippen molar-refractivity contribution in [2.45, 2.75) is 107 Å². The van der Waals surface area contributed by atoms with E-state index in [0.29, 0.717) is 12.8 Å². The Labute approximate surface area is 281 Å². The molecule has 4 atom stereocenters. The zero-order valence-corrected chi connectivity index (χ0v) is 29.8. The Hall–Kier alpha value is -3.93. The highest BCUT2D eigenvalue weighted by Crippen LogP contribution is 2.61. The van der Waals surface area contributed by atoms with E-state index in [1.807, 2.05) is 53.7 Å². The number of Topliss-reactive ketones (excluding diaryl/α,β-unsaturated/α-hetero) is 3. The van der Waals surface area contributed by atoms with Crippen molar-refractivity contribution in [2.24, 2.45) is 22.7 Å². The van der Waals surface area contributed by atoms with Gasteiger partial charge in [-0.1, -0.05) is 58.2 Å². The molecule has 0 aliphatic heterocycles. The molecule has 0 amide bonds. The SMILES string of the molecule is CC(C)=CCC/C(C)=C/C[C@@H]1C[C@]2(CC=C(C)C)C(=O)C(=C(O)c3ccc(O)c(O)c3)C(=O)[C@@](CC=C(C)C)(C2=O)[C@H]1CC=C(C)C. The fourth-order valence-electron chi connectivity index (χ4n) is 7.14. The zero-order chi connectivity index (χ0) is 35.3. The summed E-state index contributed by atoms with van der Waals surface area (Å²) in [5.41, 5.74) is 1.96. The molecule has 3 N–H and O–H groups in total. The van der Waals surface area contributed by atoms with Crippen molar-refractivity contribution in [1.82, 2.24) is 0 Å². The van der Waals surface area contributed by atoms with Crippen LogP contribution in [-0.2, 0) is 14.4 Å². The molecule has 1 aromatic carbocycles. The number of carbonyl (C=O) groups excluding carboxylic acids is 3. The lowest BCUT2D eigenvalue weighted by molar-refractivity contribution is -0.167. The average molecular weight is 643 g/mol. The van der Waals surface area contributed by atoms with E-state index in [9.17, 15) is 20.1 Å². The highest BCUT2D eigenvalue weighted by Gasteiger charge is 2.70. The van der Waals surface area contributed by atoms with Gasteiger partial charge in [0, 0.05) is 5.56 Å². The smallest absolute Gasteiger partial charge is 0.184 e. The Morgan fingerprint density at radius 2 is 1.34 bits per heavy atom. The first-order valence-corrected chi connectivity index (χ1v) is 16.8. The van der Waals surface area contributed by atoms with Gasteiger partial charge < -0.3 is 15.3 Å². The molecule has 2 aliphatic carbocycles. The highest BCUT2D eigenvalue weighted by atomic mass is 16.3. The van der Waals surface area contributed by atoms with Gasteiger partial charge in [-0.15, -0.1) is 0 Å². The second-order valence-electron chi connectivity index (χ2n) is 14.6. The minimum absolute atomic E-state index is 0.0199. The van der Waals surface area contributed by atoms with Crippen molar-refractivity contribution < 1.29 is 29.7 Å². The first-order valence-electron chi connectivity index (χ1n) is 16.8. The van der Waals surface area contributed by atoms with Crippen LogP contribution < -0.4 is 0 Å². The number of aromatic hydroxyl groups is 2. The van der Waals surface area contributed by atoms with Gasteiger partial charge in [-0.05, 0) is 137 Å². The van der Waals surface area contributed by atoms with Gasteiger partial charge in [-0.3, -0.25) is 14.4 Å². The predicted molar refractivity (Wildman–Crippen MR) is 190 cm³/mol. The molecule has 2 bridgehead atoms. The molecule has 47 heavy (non-hydrogen) atoms. The number of carbonyl (C=O) groups is 3. The molecule has 3 rings (SSSR count). The number of aliphatic hydroxyl groups excluding tert-OH is 1. The molecule has 2 aliphatic rings. The number of benzene rings is 1. The van der Waals surface area contributed by atoms with Gasteiger partial charge in [0.15, 0.2) is 28.8 Å². The quantitative estimate of drug-likeness (QED) is 0.0523. The van der Waals surface area contributed by atoms with Crippen LogP contribution in [-0.4, -0.2) is 32.7 Å². The molecule has 6 nitrogen and oxygen atoms in total. The van der Waals surface area contributed by atoms with E-state index in [2.05, 4.69) is 39.0 Å². The van der Waals surface area contributed by atoms with E-state index >= 15 is 9.59 Å². The fourth-order valence-corrected chi connectivity index (χ4v) is 7.14. The van der Waals surface area contributed by atoms with Gasteiger partial charge in [-0.2, -0.15) is 0 Å². The lowest BCUT2D eigenvalue weighted by Gasteiger charge is -2.56. The summed E-state index contributed by atoms with van der Waals surface area (Å²) in [6, 6.07) is 3.67. The molecular formula is C41H54O6. The van der Waals surface area contributed by atoms with E-state index in [0.717, 1.165) is 35.6 Å². The Morgan fingerprint density at radius 3 is 1.91 bits per heavy atom. The molecule has 0 saturated heterocycles. The zero-order valence-electron chi connectivity index (χ0n) is 29.8. The molecule has 0 unspecified atom stereocenters. The topological polar surface area (TPSA) is 112 Å². The third-order valence-corrected chi connectivity index (χ3v) is 9.76. The number of phenols is 2. The first kappa shape index (κ1) is 37.5. The summed E-state index contributed by atoms with van der Waals surface area (Å²) in [6.07, 6.45) is 13.8. The van der Waals surface area contributed by atoms with Crippen LogP contribution in [0.1, 0.15) is 113 Å². The van der Waals surface area contributed by atoms with Gasteiger partial charge in [0.1, 0.15) is 16.7 Å². The van der Waals surface area contributed by atoms with Crippen LogP contribution in [0.25, 0.3) is 5.76 Å². The maximum atomic E-state index is 15.1. The Kier molecular flexibility index (Phi) is 12.2. The standard InChI is InChI=1S/C41H54O6/c1-25(2)11-10-12-29(9)14-15-31-24-40(21-19-27(5)6)37(45)35(36(44)30-16-18-33(42)34(43)23-30)38(46)41(39(40)47,22-20-28(7)8)32(31)17-13-26(3)4/h11,13-14,16,18-20,23,31-32,42-44H,10,12,15,17,21-22,24H2,1-9H3/b29-14+,36-35?/t31-,32+,40-,41+/m1/s1. The van der Waals surface area contributed by atoms with E-state index in [4.69, 9.17) is 0 Å². The average Bonchev–Trinajstić information content (AvgIpc) is 2.98. The molecule has 254 valence electrons. The van der Waals surface area contributed by atoms with Gasteiger partial charge in [0.05, 0.1) is 5.41 Å². The van der Waals surface area contributed by atoms with Gasteiger partial charge >= 0.3 is 0 Å². The first-order chi connectivity index (χ1) is 22.0. The fraction of sp³-hybridized carbons (Fsp3) is 0.488. The van der Waals surface area contributed by atoms with Crippen LogP contribution in [0.5, 0.6) is 11.5 Å². The van der Waals surface area contributed by atoms with Crippen LogP contribution in [0, 0.1) is 22.7 Å². The number of ketones is 3. The highest BCUT2D eigenvalue weighted by molar-refractivity contribution is 6.41. The molecular weight excluding hydrogens is 588 g/mol. The van der Waals surface area contributed by atoms with Crippen LogP contribution in [0.15, 0.2) is 82.0 Å². The predicted octanol–water partition coefficient (Wildman–Crippen LogP) is 9.85. The van der Waals surface area contributed by atoms with Crippen molar-refractivity contribution in [3.05, 3.63) is 87.6 Å². The lowest BCUT2D eigenvalue weighted by atomic mass is 9.42. The third-order valence-electron chi connectivity index (χ3n) is 9.76. The van der Waals surface area contributed by atoms with Crippen LogP contribution in [0.4, 0.5) is 0 Å². The van der Waals surface area contributed by atoms with Crippen molar-refractivity contribution in [3.63, 3.8) is 0 Å². The second-order valence-corrected chi connectivity index (χ2v) is 14.6. The maximum Gasteiger partial charge on any atom is 0.184 e. The lowest BCUT2D eigenvalue weighted by Crippen LogP contribution is -2.66.